The van der Waals surface area contributed by atoms with Crippen LogP contribution in [0.4, 0.5) is 5.82 Å². The Morgan fingerprint density at radius 1 is 1.25 bits per heavy atom. The van der Waals surface area contributed by atoms with E-state index in [2.05, 4.69) is 14.9 Å². The molecule has 0 saturated carbocycles. The second-order valence-corrected chi connectivity index (χ2v) is 5.30. The van der Waals surface area contributed by atoms with Crippen molar-refractivity contribution in [2.45, 2.75) is 18.9 Å². The average Bonchev–Trinajstić information content (AvgIpc) is 2.96. The highest BCUT2D eigenvalue weighted by Gasteiger charge is 2.25. The molecule has 1 aliphatic rings. The molecule has 0 aliphatic carbocycles. The fourth-order valence-corrected chi connectivity index (χ4v) is 2.77. The predicted octanol–water partition coefficient (Wildman–Crippen LogP) is 2.76. The van der Waals surface area contributed by atoms with E-state index < -0.39 is 0 Å². The Kier molecular flexibility index (Phi) is 3.85. The second-order valence-electron chi connectivity index (χ2n) is 4.91. The van der Waals surface area contributed by atoms with Gasteiger partial charge >= 0.3 is 0 Å². The van der Waals surface area contributed by atoms with Gasteiger partial charge in [0.15, 0.2) is 5.82 Å². The fraction of sp³-hybridized carbons (Fsp3) is 0.333. The monoisotopic (exact) mass is 289 g/mol. The van der Waals surface area contributed by atoms with Crippen LogP contribution in [0.3, 0.4) is 0 Å². The third-order valence-electron chi connectivity index (χ3n) is 3.60. The molecule has 0 spiro atoms. The fourth-order valence-electron chi connectivity index (χ4n) is 2.60. The van der Waals surface area contributed by atoms with Crippen LogP contribution in [0.5, 0.6) is 0 Å². The number of aliphatic hydroxyl groups excluding tert-OH is 1. The smallest absolute Gasteiger partial charge is 0.163 e. The first kappa shape index (κ1) is 13.3. The second kappa shape index (κ2) is 5.77. The van der Waals surface area contributed by atoms with E-state index in [4.69, 9.17) is 11.6 Å². The SMILES string of the molecule is OCC1CCCN1c1cc(Cl)nc(-c2ccccc2)n1. The summed E-state index contributed by atoms with van der Waals surface area (Å²) >= 11 is 6.13. The zero-order valence-corrected chi connectivity index (χ0v) is 11.8. The van der Waals surface area contributed by atoms with Crippen LogP contribution in [0.1, 0.15) is 12.8 Å². The number of hydrogen-bond donors (Lipinski definition) is 1. The van der Waals surface area contributed by atoms with E-state index in [0.29, 0.717) is 11.0 Å². The van der Waals surface area contributed by atoms with Crippen molar-refractivity contribution in [3.05, 3.63) is 41.6 Å². The number of halogens is 1. The van der Waals surface area contributed by atoms with E-state index in [-0.39, 0.29) is 12.6 Å². The molecule has 2 aromatic rings. The summed E-state index contributed by atoms with van der Waals surface area (Å²) < 4.78 is 0. The minimum atomic E-state index is 0.129. The van der Waals surface area contributed by atoms with Crippen LogP contribution < -0.4 is 4.90 Å². The molecule has 5 heteroatoms. The number of nitrogens with zero attached hydrogens (tertiary/aromatic N) is 3. The highest BCUT2D eigenvalue weighted by atomic mass is 35.5. The summed E-state index contributed by atoms with van der Waals surface area (Å²) in [6, 6.07) is 11.7. The lowest BCUT2D eigenvalue weighted by atomic mass is 10.2. The first-order chi connectivity index (χ1) is 9.78. The number of aromatic nitrogens is 2. The molecule has 1 unspecified atom stereocenters. The van der Waals surface area contributed by atoms with Gasteiger partial charge in [-0.25, -0.2) is 9.97 Å². The molecule has 1 aromatic heterocycles. The van der Waals surface area contributed by atoms with Gasteiger partial charge in [-0.1, -0.05) is 41.9 Å². The first-order valence-corrected chi connectivity index (χ1v) is 7.13. The van der Waals surface area contributed by atoms with Gasteiger partial charge in [0.25, 0.3) is 0 Å². The normalized spacial score (nSPS) is 18.5. The lowest BCUT2D eigenvalue weighted by Gasteiger charge is -2.24. The van der Waals surface area contributed by atoms with E-state index >= 15 is 0 Å². The van der Waals surface area contributed by atoms with Gasteiger partial charge in [0.1, 0.15) is 11.0 Å². The molecule has 1 fully saturated rings. The Labute approximate surface area is 123 Å². The molecular formula is C15H16ClN3O. The summed E-state index contributed by atoms with van der Waals surface area (Å²) in [5.41, 5.74) is 0.941. The molecule has 0 radical (unpaired) electrons. The van der Waals surface area contributed by atoms with Crippen LogP contribution in [-0.2, 0) is 0 Å². The number of hydrogen-bond acceptors (Lipinski definition) is 4. The van der Waals surface area contributed by atoms with Gasteiger partial charge in [-0.15, -0.1) is 0 Å². The van der Waals surface area contributed by atoms with Crippen LogP contribution in [0, 0.1) is 0 Å². The summed E-state index contributed by atoms with van der Waals surface area (Å²) in [6.45, 7) is 1.04. The molecule has 1 saturated heterocycles. The Morgan fingerprint density at radius 3 is 2.80 bits per heavy atom. The molecule has 104 valence electrons. The quantitative estimate of drug-likeness (QED) is 0.883. The van der Waals surface area contributed by atoms with Gasteiger partial charge in [-0.05, 0) is 12.8 Å². The van der Waals surface area contributed by atoms with Crippen LogP contribution in [0.25, 0.3) is 11.4 Å². The summed E-state index contributed by atoms with van der Waals surface area (Å²) in [5, 5.41) is 9.86. The average molecular weight is 290 g/mol. The maximum atomic E-state index is 9.44. The van der Waals surface area contributed by atoms with Gasteiger partial charge in [0.2, 0.25) is 0 Å². The Hall–Kier alpha value is -1.65. The number of anilines is 1. The lowest BCUT2D eigenvalue weighted by molar-refractivity contribution is 0.266. The molecule has 1 aromatic carbocycles. The van der Waals surface area contributed by atoms with Crippen molar-refractivity contribution in [3.8, 4) is 11.4 Å². The van der Waals surface area contributed by atoms with Crippen molar-refractivity contribution in [1.29, 1.82) is 0 Å². The Morgan fingerprint density at radius 2 is 2.05 bits per heavy atom. The molecule has 2 heterocycles. The van der Waals surface area contributed by atoms with Crippen molar-refractivity contribution >= 4 is 17.4 Å². The number of benzene rings is 1. The maximum Gasteiger partial charge on any atom is 0.163 e. The van der Waals surface area contributed by atoms with Crippen molar-refractivity contribution in [1.82, 2.24) is 9.97 Å². The highest BCUT2D eigenvalue weighted by molar-refractivity contribution is 6.29. The lowest BCUT2D eigenvalue weighted by Crippen LogP contribution is -2.32. The van der Waals surface area contributed by atoms with E-state index in [1.165, 1.54) is 0 Å². The van der Waals surface area contributed by atoms with Gasteiger partial charge in [-0.2, -0.15) is 0 Å². The number of aliphatic hydroxyl groups is 1. The number of rotatable bonds is 3. The zero-order chi connectivity index (χ0) is 13.9. The summed E-state index contributed by atoms with van der Waals surface area (Å²) in [5.74, 6) is 1.41. The van der Waals surface area contributed by atoms with E-state index in [1.807, 2.05) is 30.3 Å². The van der Waals surface area contributed by atoms with Crippen molar-refractivity contribution in [3.63, 3.8) is 0 Å². The van der Waals surface area contributed by atoms with Crippen molar-refractivity contribution < 1.29 is 5.11 Å². The van der Waals surface area contributed by atoms with E-state index in [9.17, 15) is 5.11 Å². The molecule has 3 rings (SSSR count). The predicted molar refractivity (Wildman–Crippen MR) is 79.9 cm³/mol. The summed E-state index contributed by atoms with van der Waals surface area (Å²) in [6.07, 6.45) is 2.05. The van der Waals surface area contributed by atoms with Crippen LogP contribution >= 0.6 is 11.6 Å². The highest BCUT2D eigenvalue weighted by Crippen LogP contribution is 2.27. The first-order valence-electron chi connectivity index (χ1n) is 6.75. The van der Waals surface area contributed by atoms with Gasteiger partial charge < -0.3 is 10.0 Å². The maximum absolute atomic E-state index is 9.44. The van der Waals surface area contributed by atoms with Gasteiger partial charge in [0, 0.05) is 18.2 Å². The molecule has 0 amide bonds. The van der Waals surface area contributed by atoms with Gasteiger partial charge in [-0.3, -0.25) is 0 Å². The van der Waals surface area contributed by atoms with Crippen molar-refractivity contribution in [2.75, 3.05) is 18.1 Å². The molecule has 1 atom stereocenters. The minimum Gasteiger partial charge on any atom is -0.394 e. The molecular weight excluding hydrogens is 274 g/mol. The zero-order valence-electron chi connectivity index (χ0n) is 11.0. The van der Waals surface area contributed by atoms with Crippen molar-refractivity contribution in [2.24, 2.45) is 0 Å². The minimum absolute atomic E-state index is 0.129. The summed E-state index contributed by atoms with van der Waals surface area (Å²) in [4.78, 5) is 11.0. The molecule has 4 nitrogen and oxygen atoms in total. The molecule has 1 aliphatic heterocycles. The largest absolute Gasteiger partial charge is 0.394 e. The third kappa shape index (κ3) is 2.62. The van der Waals surface area contributed by atoms with Crippen LogP contribution in [0.2, 0.25) is 5.15 Å². The standard InChI is InChI=1S/C15H16ClN3O/c16-13-9-14(19-8-4-7-12(19)10-20)18-15(17-13)11-5-2-1-3-6-11/h1-3,5-6,9,12,20H,4,7-8,10H2. The van der Waals surface area contributed by atoms with E-state index in [0.717, 1.165) is 30.8 Å². The van der Waals surface area contributed by atoms with Crippen LogP contribution in [0.15, 0.2) is 36.4 Å². The summed E-state index contributed by atoms with van der Waals surface area (Å²) in [7, 11) is 0. The topological polar surface area (TPSA) is 49.2 Å². The molecule has 0 bridgehead atoms. The van der Waals surface area contributed by atoms with E-state index in [1.54, 1.807) is 6.07 Å². The van der Waals surface area contributed by atoms with Gasteiger partial charge in [0.05, 0.1) is 12.6 Å². The molecule has 1 N–H and O–H groups in total. The van der Waals surface area contributed by atoms with Crippen LogP contribution in [-0.4, -0.2) is 34.3 Å². The molecule has 20 heavy (non-hydrogen) atoms. The third-order valence-corrected chi connectivity index (χ3v) is 3.79. The Bertz CT molecular complexity index is 591. The Balaban J connectivity index is 1.99.